The lowest BCUT2D eigenvalue weighted by atomic mass is 9.70. The van der Waals surface area contributed by atoms with Gasteiger partial charge in [-0.3, -0.25) is 14.4 Å². The zero-order valence-corrected chi connectivity index (χ0v) is 20.7. The molecule has 3 saturated heterocycles. The van der Waals surface area contributed by atoms with Crippen molar-refractivity contribution in [1.82, 2.24) is 9.80 Å². The van der Waals surface area contributed by atoms with Gasteiger partial charge < -0.3 is 24.4 Å². The molecular weight excluding hydrogens is 460 g/mol. The van der Waals surface area contributed by atoms with Gasteiger partial charge in [-0.1, -0.05) is 42.5 Å². The first-order chi connectivity index (χ1) is 17.5. The summed E-state index contributed by atoms with van der Waals surface area (Å²) in [5, 5.41) is 9.48. The Bertz CT molecular complexity index is 982. The van der Waals surface area contributed by atoms with E-state index in [1.54, 1.807) is 17.1 Å². The van der Waals surface area contributed by atoms with Crippen LogP contribution in [0.4, 0.5) is 0 Å². The number of hydrogen-bond donors (Lipinski definition) is 1. The fraction of sp³-hybridized carbons (Fsp3) is 0.536. The Kier molecular flexibility index (Phi) is 8.26. The summed E-state index contributed by atoms with van der Waals surface area (Å²) in [6.07, 6.45) is 5.83. The molecule has 2 amide bonds. The van der Waals surface area contributed by atoms with E-state index in [0.29, 0.717) is 38.8 Å². The van der Waals surface area contributed by atoms with E-state index in [1.807, 2.05) is 30.3 Å². The Balaban J connectivity index is 1.63. The summed E-state index contributed by atoms with van der Waals surface area (Å²) >= 11 is 0. The highest BCUT2D eigenvalue weighted by Crippen LogP contribution is 2.58. The van der Waals surface area contributed by atoms with Gasteiger partial charge in [0.2, 0.25) is 11.8 Å². The predicted octanol–water partition coefficient (Wildman–Crippen LogP) is 2.47. The number of hydrogen-bond acceptors (Lipinski definition) is 6. The first-order valence-electron chi connectivity index (χ1n) is 12.8. The van der Waals surface area contributed by atoms with Crippen molar-refractivity contribution in [3.05, 3.63) is 61.2 Å². The molecule has 3 fully saturated rings. The average Bonchev–Trinajstić information content (AvgIpc) is 3.52. The second kappa shape index (κ2) is 11.4. The Morgan fingerprint density at radius 2 is 2.00 bits per heavy atom. The second-order valence-corrected chi connectivity index (χ2v) is 9.76. The van der Waals surface area contributed by atoms with E-state index in [-0.39, 0.29) is 31.6 Å². The van der Waals surface area contributed by atoms with Crippen molar-refractivity contribution in [3.8, 4) is 0 Å². The number of carbonyl (C=O) groups excluding carboxylic acids is 3. The maximum Gasteiger partial charge on any atom is 0.312 e. The number of esters is 1. The molecule has 3 heterocycles. The summed E-state index contributed by atoms with van der Waals surface area (Å²) in [7, 11) is 0. The highest BCUT2D eigenvalue weighted by atomic mass is 16.6. The summed E-state index contributed by atoms with van der Waals surface area (Å²) in [4.78, 5) is 44.2. The maximum absolute atomic E-state index is 14.1. The molecule has 1 spiro atoms. The SMILES string of the molecule is C=CCCCOC(=O)[C@@H]1[C@H]2C(=O)N(CCCO)C(C(=O)N(CC=C)Cc3ccccc3)C23CC[C@H]1O3. The number of carbonyl (C=O) groups is 3. The molecule has 2 unspecified atom stereocenters. The number of likely N-dealkylation sites (tertiary alicyclic amines) is 1. The zero-order valence-electron chi connectivity index (χ0n) is 20.7. The molecule has 194 valence electrons. The molecular formula is C28H36N2O6. The molecule has 3 aliphatic rings. The number of allylic oxidation sites excluding steroid dienone is 1. The number of benzene rings is 1. The first-order valence-corrected chi connectivity index (χ1v) is 12.8. The van der Waals surface area contributed by atoms with Gasteiger partial charge in [-0.15, -0.1) is 13.2 Å². The largest absolute Gasteiger partial charge is 0.465 e. The van der Waals surface area contributed by atoms with E-state index in [0.717, 1.165) is 12.0 Å². The van der Waals surface area contributed by atoms with Gasteiger partial charge in [-0.2, -0.15) is 0 Å². The normalized spacial score (nSPS) is 28.1. The average molecular weight is 497 g/mol. The van der Waals surface area contributed by atoms with Crippen LogP contribution in [0.5, 0.6) is 0 Å². The standard InChI is InChI=1S/C28H36N2O6/c1-3-5-9-18-35-27(34)22-21-13-14-28(36-21)23(22)25(32)30(16-10-17-31)24(28)26(33)29(15-4-2)19-20-11-7-6-8-12-20/h3-4,6-8,11-12,21-24,31H,1-2,5,9-10,13-19H2/t21-,22+,23+,24?,28?/m1/s1. The van der Waals surface area contributed by atoms with Crippen molar-refractivity contribution in [1.29, 1.82) is 0 Å². The molecule has 3 aliphatic heterocycles. The highest BCUT2D eigenvalue weighted by molar-refractivity contribution is 5.98. The van der Waals surface area contributed by atoms with Gasteiger partial charge in [0, 0.05) is 26.2 Å². The van der Waals surface area contributed by atoms with E-state index in [9.17, 15) is 19.5 Å². The molecule has 0 aromatic heterocycles. The summed E-state index contributed by atoms with van der Waals surface area (Å²) in [5.74, 6) is -2.43. The predicted molar refractivity (Wildman–Crippen MR) is 133 cm³/mol. The van der Waals surface area contributed by atoms with Gasteiger partial charge in [0.15, 0.2) is 0 Å². The number of aliphatic hydroxyl groups is 1. The molecule has 8 heteroatoms. The van der Waals surface area contributed by atoms with Gasteiger partial charge in [0.1, 0.15) is 11.6 Å². The van der Waals surface area contributed by atoms with Crippen LogP contribution in [0.3, 0.4) is 0 Å². The van der Waals surface area contributed by atoms with Gasteiger partial charge in [-0.05, 0) is 37.7 Å². The fourth-order valence-electron chi connectivity index (χ4n) is 6.04. The third kappa shape index (κ3) is 4.72. The molecule has 1 aromatic rings. The van der Waals surface area contributed by atoms with E-state index in [2.05, 4.69) is 13.2 Å². The zero-order chi connectivity index (χ0) is 25.7. The molecule has 8 nitrogen and oxygen atoms in total. The lowest BCUT2D eigenvalue weighted by Crippen LogP contribution is -2.56. The van der Waals surface area contributed by atoms with E-state index in [4.69, 9.17) is 9.47 Å². The molecule has 0 aliphatic carbocycles. The molecule has 2 bridgehead atoms. The second-order valence-electron chi connectivity index (χ2n) is 9.76. The smallest absolute Gasteiger partial charge is 0.312 e. The quantitative estimate of drug-likeness (QED) is 0.256. The van der Waals surface area contributed by atoms with Gasteiger partial charge in [0.05, 0.1) is 24.5 Å². The van der Waals surface area contributed by atoms with Crippen molar-refractivity contribution in [2.45, 2.75) is 56.4 Å². The minimum absolute atomic E-state index is 0.110. The molecule has 5 atom stereocenters. The van der Waals surface area contributed by atoms with Crippen molar-refractivity contribution in [2.24, 2.45) is 11.8 Å². The Labute approximate surface area is 212 Å². The van der Waals surface area contributed by atoms with Crippen molar-refractivity contribution in [2.75, 3.05) is 26.3 Å². The van der Waals surface area contributed by atoms with Crippen LogP contribution in [0.2, 0.25) is 0 Å². The summed E-state index contributed by atoms with van der Waals surface area (Å²) < 4.78 is 11.9. The summed E-state index contributed by atoms with van der Waals surface area (Å²) in [5.41, 5.74) is -0.111. The summed E-state index contributed by atoms with van der Waals surface area (Å²) in [6, 6.07) is 8.78. The van der Waals surface area contributed by atoms with Crippen molar-refractivity contribution in [3.63, 3.8) is 0 Å². The number of rotatable bonds is 13. The Morgan fingerprint density at radius 3 is 2.69 bits per heavy atom. The molecule has 4 rings (SSSR count). The first kappa shape index (κ1) is 26.1. The van der Waals surface area contributed by atoms with Crippen LogP contribution >= 0.6 is 0 Å². The topological polar surface area (TPSA) is 96.4 Å². The highest BCUT2D eigenvalue weighted by Gasteiger charge is 2.75. The van der Waals surface area contributed by atoms with Gasteiger partial charge in [-0.25, -0.2) is 0 Å². The molecule has 0 saturated carbocycles. The van der Waals surface area contributed by atoms with Crippen LogP contribution in [0.15, 0.2) is 55.6 Å². The van der Waals surface area contributed by atoms with Crippen molar-refractivity contribution >= 4 is 17.8 Å². The minimum Gasteiger partial charge on any atom is -0.465 e. The Morgan fingerprint density at radius 1 is 1.22 bits per heavy atom. The number of unbranched alkanes of at least 4 members (excludes halogenated alkanes) is 1. The third-order valence-corrected chi connectivity index (χ3v) is 7.54. The van der Waals surface area contributed by atoms with Crippen LogP contribution in [-0.4, -0.2) is 76.7 Å². The van der Waals surface area contributed by atoms with E-state index >= 15 is 0 Å². The minimum atomic E-state index is -1.07. The molecule has 1 aromatic carbocycles. The van der Waals surface area contributed by atoms with Crippen LogP contribution < -0.4 is 0 Å². The monoisotopic (exact) mass is 496 g/mol. The van der Waals surface area contributed by atoms with Gasteiger partial charge in [0.25, 0.3) is 0 Å². The van der Waals surface area contributed by atoms with Gasteiger partial charge >= 0.3 is 5.97 Å². The number of nitrogens with zero attached hydrogens (tertiary/aromatic N) is 2. The number of ether oxygens (including phenoxy) is 2. The molecule has 0 radical (unpaired) electrons. The number of amides is 2. The fourth-order valence-corrected chi connectivity index (χ4v) is 6.04. The maximum atomic E-state index is 14.1. The van der Waals surface area contributed by atoms with Crippen LogP contribution in [0.25, 0.3) is 0 Å². The molecule has 36 heavy (non-hydrogen) atoms. The Hall–Kier alpha value is -2.97. The number of aliphatic hydroxyl groups excluding tert-OH is 1. The van der Waals surface area contributed by atoms with E-state index < -0.39 is 35.6 Å². The molecule has 1 N–H and O–H groups in total. The summed E-state index contributed by atoms with van der Waals surface area (Å²) in [6.45, 7) is 8.53. The van der Waals surface area contributed by atoms with Crippen molar-refractivity contribution < 1.29 is 29.0 Å². The number of fused-ring (bicyclic) bond motifs is 1. The van der Waals surface area contributed by atoms with E-state index in [1.165, 1.54) is 4.90 Å². The lowest BCUT2D eigenvalue weighted by Gasteiger charge is -2.36. The third-order valence-electron chi connectivity index (χ3n) is 7.54. The van der Waals surface area contributed by atoms with Crippen LogP contribution in [-0.2, 0) is 30.4 Å². The van der Waals surface area contributed by atoms with Crippen LogP contribution in [0, 0.1) is 11.8 Å². The lowest BCUT2D eigenvalue weighted by molar-refractivity contribution is -0.155. The van der Waals surface area contributed by atoms with Crippen LogP contribution in [0.1, 0.15) is 37.7 Å².